The van der Waals surface area contributed by atoms with Gasteiger partial charge in [-0.25, -0.2) is 17.5 Å². The van der Waals surface area contributed by atoms with E-state index in [0.717, 1.165) is 11.1 Å². The molecule has 1 aliphatic carbocycles. The van der Waals surface area contributed by atoms with E-state index < -0.39 is 15.8 Å². The van der Waals surface area contributed by atoms with Crippen molar-refractivity contribution in [2.24, 2.45) is 5.41 Å². The summed E-state index contributed by atoms with van der Waals surface area (Å²) in [5, 5.41) is 9.77. The smallest absolute Gasteiger partial charge is 0.214 e. The van der Waals surface area contributed by atoms with Crippen LogP contribution in [0, 0.1) is 22.6 Å². The Morgan fingerprint density at radius 1 is 1.29 bits per heavy atom. The van der Waals surface area contributed by atoms with Crippen molar-refractivity contribution in [1.29, 1.82) is 5.26 Å². The first-order chi connectivity index (χ1) is 14.6. The van der Waals surface area contributed by atoms with Gasteiger partial charge in [-0.1, -0.05) is 20.8 Å². The maximum absolute atomic E-state index is 15.2. The van der Waals surface area contributed by atoms with Gasteiger partial charge in [0.2, 0.25) is 10.0 Å². The van der Waals surface area contributed by atoms with E-state index in [0.29, 0.717) is 41.5 Å². The minimum atomic E-state index is -3.35. The van der Waals surface area contributed by atoms with Crippen molar-refractivity contribution in [3.63, 3.8) is 0 Å². The lowest BCUT2D eigenvalue weighted by Gasteiger charge is -2.20. The molecule has 1 saturated carbocycles. The van der Waals surface area contributed by atoms with Gasteiger partial charge in [0.05, 0.1) is 16.9 Å². The Morgan fingerprint density at radius 2 is 2.03 bits per heavy atom. The van der Waals surface area contributed by atoms with Crippen LogP contribution in [0.15, 0.2) is 36.8 Å². The Bertz CT molecular complexity index is 1300. The summed E-state index contributed by atoms with van der Waals surface area (Å²) in [6.07, 6.45) is 6.26. The van der Waals surface area contributed by atoms with E-state index >= 15 is 4.39 Å². The molecule has 1 fully saturated rings. The fourth-order valence-corrected chi connectivity index (χ4v) is 5.10. The number of pyridine rings is 1. The van der Waals surface area contributed by atoms with Crippen LogP contribution in [0.3, 0.4) is 0 Å². The van der Waals surface area contributed by atoms with E-state index in [4.69, 9.17) is 0 Å². The minimum Gasteiger partial charge on any atom is -0.347 e. The second kappa shape index (κ2) is 7.74. The third kappa shape index (κ3) is 4.48. The van der Waals surface area contributed by atoms with E-state index in [1.165, 1.54) is 18.5 Å². The maximum Gasteiger partial charge on any atom is 0.214 e. The topological polar surface area (TPSA) is 87.8 Å². The second-order valence-electron chi connectivity index (χ2n) is 9.29. The molecule has 0 spiro atoms. The number of nitrogens with zero attached hydrogens (tertiary/aromatic N) is 3. The van der Waals surface area contributed by atoms with Gasteiger partial charge in [-0.15, -0.1) is 0 Å². The molecule has 8 heteroatoms. The first-order valence-corrected chi connectivity index (χ1v) is 11.8. The summed E-state index contributed by atoms with van der Waals surface area (Å²) >= 11 is 0. The SMILES string of the molecule is CC(C)(C)Cn1cc(CNS(=O)(=O)C2CC2)c2cc(F)c(-c3cnccc3C#N)cc21. The summed E-state index contributed by atoms with van der Waals surface area (Å²) in [6, 6.07) is 6.81. The third-order valence-corrected chi connectivity index (χ3v) is 7.25. The number of nitrogens with one attached hydrogen (secondary N) is 1. The highest BCUT2D eigenvalue weighted by Gasteiger charge is 2.35. The molecule has 0 radical (unpaired) electrons. The molecule has 1 aromatic carbocycles. The molecule has 31 heavy (non-hydrogen) atoms. The van der Waals surface area contributed by atoms with Crippen LogP contribution in [-0.4, -0.2) is 23.2 Å². The molecule has 0 saturated heterocycles. The van der Waals surface area contributed by atoms with Gasteiger partial charge in [-0.3, -0.25) is 4.98 Å². The van der Waals surface area contributed by atoms with Crippen LogP contribution in [0.5, 0.6) is 0 Å². The van der Waals surface area contributed by atoms with E-state index in [-0.39, 0.29) is 17.2 Å². The molecular weight excluding hydrogens is 415 g/mol. The number of sulfonamides is 1. The summed E-state index contributed by atoms with van der Waals surface area (Å²) in [5.41, 5.74) is 2.55. The van der Waals surface area contributed by atoms with Crippen molar-refractivity contribution in [2.45, 2.75) is 52.0 Å². The van der Waals surface area contributed by atoms with Crippen LogP contribution in [0.1, 0.15) is 44.7 Å². The lowest BCUT2D eigenvalue weighted by Crippen LogP contribution is -2.26. The predicted octanol–water partition coefficient (Wildman–Crippen LogP) is 4.34. The molecule has 2 aromatic heterocycles. The highest BCUT2D eigenvalue weighted by molar-refractivity contribution is 7.90. The normalized spacial score (nSPS) is 14.7. The van der Waals surface area contributed by atoms with Gasteiger partial charge >= 0.3 is 0 Å². The number of halogens is 1. The zero-order valence-corrected chi connectivity index (χ0v) is 18.6. The second-order valence-corrected chi connectivity index (χ2v) is 11.3. The van der Waals surface area contributed by atoms with Crippen LogP contribution in [0.4, 0.5) is 4.39 Å². The van der Waals surface area contributed by atoms with E-state index in [1.54, 1.807) is 12.1 Å². The Morgan fingerprint density at radius 3 is 2.68 bits per heavy atom. The van der Waals surface area contributed by atoms with Gasteiger partial charge in [0, 0.05) is 53.7 Å². The standard InChI is InChI=1S/C23H25FN4O2S/c1-23(2,3)14-28-13-16(11-27-31(29,30)17-4-5-17)18-8-21(24)19(9-22(18)28)20-12-26-7-6-15(20)10-25/h6-9,12-13,17,27H,4-5,11,14H2,1-3H3. The summed E-state index contributed by atoms with van der Waals surface area (Å²) in [5.74, 6) is -0.475. The maximum atomic E-state index is 15.2. The summed E-state index contributed by atoms with van der Waals surface area (Å²) in [6.45, 7) is 7.10. The van der Waals surface area contributed by atoms with Crippen LogP contribution in [-0.2, 0) is 23.1 Å². The van der Waals surface area contributed by atoms with Gasteiger partial charge in [-0.2, -0.15) is 5.26 Å². The largest absolute Gasteiger partial charge is 0.347 e. The molecule has 0 atom stereocenters. The van der Waals surface area contributed by atoms with Crippen molar-refractivity contribution in [2.75, 3.05) is 0 Å². The molecule has 6 nitrogen and oxygen atoms in total. The Kier molecular flexibility index (Phi) is 5.36. The summed E-state index contributed by atoms with van der Waals surface area (Å²) < 4.78 is 44.4. The zero-order chi connectivity index (χ0) is 22.4. The van der Waals surface area contributed by atoms with Crippen LogP contribution >= 0.6 is 0 Å². The van der Waals surface area contributed by atoms with Gasteiger partial charge in [0.1, 0.15) is 5.82 Å². The summed E-state index contributed by atoms with van der Waals surface area (Å²) in [4.78, 5) is 4.06. The van der Waals surface area contributed by atoms with E-state index in [2.05, 4.69) is 36.5 Å². The molecule has 0 bridgehead atoms. The average Bonchev–Trinajstić information content (AvgIpc) is 3.51. The van der Waals surface area contributed by atoms with E-state index in [1.807, 2.05) is 10.8 Å². The van der Waals surface area contributed by atoms with Crippen molar-refractivity contribution in [1.82, 2.24) is 14.3 Å². The average molecular weight is 441 g/mol. The lowest BCUT2D eigenvalue weighted by molar-refractivity contribution is 0.349. The molecule has 0 amide bonds. The van der Waals surface area contributed by atoms with E-state index in [9.17, 15) is 13.7 Å². The predicted molar refractivity (Wildman–Crippen MR) is 118 cm³/mol. The third-order valence-electron chi connectivity index (χ3n) is 5.36. The molecule has 3 aromatic rings. The highest BCUT2D eigenvalue weighted by atomic mass is 32.2. The molecule has 1 N–H and O–H groups in total. The zero-order valence-electron chi connectivity index (χ0n) is 17.8. The van der Waals surface area contributed by atoms with Crippen molar-refractivity contribution >= 4 is 20.9 Å². The van der Waals surface area contributed by atoms with Crippen molar-refractivity contribution in [3.05, 3.63) is 53.7 Å². The number of fused-ring (bicyclic) bond motifs is 1. The highest BCUT2D eigenvalue weighted by Crippen LogP contribution is 2.34. The van der Waals surface area contributed by atoms with Gasteiger partial charge in [-0.05, 0) is 42.0 Å². The van der Waals surface area contributed by atoms with Gasteiger partial charge < -0.3 is 4.57 Å². The number of rotatable bonds is 6. The van der Waals surface area contributed by atoms with Crippen LogP contribution < -0.4 is 4.72 Å². The summed E-state index contributed by atoms with van der Waals surface area (Å²) in [7, 11) is -3.35. The number of hydrogen-bond acceptors (Lipinski definition) is 4. The van der Waals surface area contributed by atoms with Crippen molar-refractivity contribution in [3.8, 4) is 17.2 Å². The van der Waals surface area contributed by atoms with Gasteiger partial charge in [0.15, 0.2) is 0 Å². The minimum absolute atomic E-state index is 0.0442. The quantitative estimate of drug-likeness (QED) is 0.618. The molecule has 4 rings (SSSR count). The molecule has 162 valence electrons. The number of benzene rings is 1. The molecule has 0 unspecified atom stereocenters. The fourth-order valence-electron chi connectivity index (χ4n) is 3.75. The Hall–Kier alpha value is -2.76. The molecular formula is C23H25FN4O2S. The first kappa shape index (κ1) is 21.5. The number of nitriles is 1. The first-order valence-electron chi connectivity index (χ1n) is 10.2. The van der Waals surface area contributed by atoms with Gasteiger partial charge in [0.25, 0.3) is 0 Å². The molecule has 0 aliphatic heterocycles. The Labute approximate surface area is 181 Å². The lowest BCUT2D eigenvalue weighted by atomic mass is 9.96. The number of aromatic nitrogens is 2. The fraction of sp³-hybridized carbons (Fsp3) is 0.391. The Balaban J connectivity index is 1.83. The monoisotopic (exact) mass is 440 g/mol. The number of hydrogen-bond donors (Lipinski definition) is 1. The van der Waals surface area contributed by atoms with Crippen LogP contribution in [0.2, 0.25) is 0 Å². The molecule has 1 aliphatic rings. The molecule has 2 heterocycles. The van der Waals surface area contributed by atoms with Crippen molar-refractivity contribution < 1.29 is 12.8 Å². The van der Waals surface area contributed by atoms with Crippen LogP contribution in [0.25, 0.3) is 22.0 Å².